The highest BCUT2D eigenvalue weighted by molar-refractivity contribution is 5.73. The summed E-state index contributed by atoms with van der Waals surface area (Å²) in [5.74, 6) is -1.70. The number of carbonyl (C=O) groups is 1. The molecule has 22 nitrogen and oxygen atoms in total. The first-order valence-electron chi connectivity index (χ1n) is 14.1. The minimum absolute atomic E-state index is 0.818. The second-order valence-corrected chi connectivity index (χ2v) is 11.2. The number of carboxylic acids is 1. The van der Waals surface area contributed by atoms with E-state index in [0.29, 0.717) is 0 Å². The molecule has 4 rings (SSSR count). The van der Waals surface area contributed by atoms with Crippen molar-refractivity contribution in [2.75, 3.05) is 19.8 Å². The molecule has 0 spiro atoms. The summed E-state index contributed by atoms with van der Waals surface area (Å²) in [6, 6.07) is 0. The third kappa shape index (κ3) is 7.46. The molecule has 0 amide bonds. The van der Waals surface area contributed by atoms with Crippen LogP contribution in [0.3, 0.4) is 0 Å². The predicted octanol–water partition coefficient (Wildman–Crippen LogP) is -9.66. The van der Waals surface area contributed by atoms with Gasteiger partial charge in [-0.1, -0.05) is 0 Å². The fraction of sp³-hybridized carbons (Fsp3) is 0.958. The molecule has 4 fully saturated rings. The maximum atomic E-state index is 11.3. The molecule has 0 radical (unpaired) electrons. The molecule has 0 bridgehead atoms. The molecule has 0 aliphatic carbocycles. The number of ether oxygens (including phenoxy) is 7. The Kier molecular flexibility index (Phi) is 12.6. The van der Waals surface area contributed by atoms with Crippen molar-refractivity contribution in [3.05, 3.63) is 0 Å². The van der Waals surface area contributed by atoms with Crippen molar-refractivity contribution in [3.8, 4) is 0 Å². The van der Waals surface area contributed by atoms with Crippen molar-refractivity contribution in [2.45, 2.75) is 123 Å². The predicted molar refractivity (Wildman–Crippen MR) is 134 cm³/mol. The van der Waals surface area contributed by atoms with Crippen molar-refractivity contribution in [1.82, 2.24) is 0 Å². The Balaban J connectivity index is 1.47. The standard InChI is InChI=1S/C24H40O22/c25-1-4-8(28)18(16(36)24(42-4)44-17-5(2-26)41-21(39)13(33)12(17)32)45-23-15(35)9(29)7(27)6(43-23)3-40-22-14(34)10(30)11(31)19(46-22)20(37)38/h4-19,21-36,39H,1-3H2,(H,37,38)/t4-,5-,6-,7-,8-,9+,10+,11+,12-,13-,14-,15+,16-,17-,18+,19+,21+,22-,23+,24+/m1/s1. The number of aliphatic carboxylic acids is 1. The van der Waals surface area contributed by atoms with Crippen LogP contribution in [0.1, 0.15) is 0 Å². The number of aliphatic hydroxyl groups excluding tert-OH is 13. The van der Waals surface area contributed by atoms with Crippen molar-refractivity contribution >= 4 is 5.97 Å². The van der Waals surface area contributed by atoms with E-state index in [1.165, 1.54) is 0 Å². The van der Waals surface area contributed by atoms with Crippen LogP contribution in [0.25, 0.3) is 0 Å². The van der Waals surface area contributed by atoms with E-state index in [2.05, 4.69) is 0 Å². The van der Waals surface area contributed by atoms with Gasteiger partial charge in [-0.05, 0) is 0 Å². The summed E-state index contributed by atoms with van der Waals surface area (Å²) < 4.78 is 37.1. The van der Waals surface area contributed by atoms with Crippen molar-refractivity contribution in [2.24, 2.45) is 0 Å². The summed E-state index contributed by atoms with van der Waals surface area (Å²) >= 11 is 0. The van der Waals surface area contributed by atoms with E-state index in [-0.39, 0.29) is 0 Å². The van der Waals surface area contributed by atoms with E-state index < -0.39 is 149 Å². The lowest BCUT2D eigenvalue weighted by Gasteiger charge is -2.48. The van der Waals surface area contributed by atoms with Gasteiger partial charge in [0.15, 0.2) is 31.3 Å². The quantitative estimate of drug-likeness (QED) is 0.102. The molecule has 0 saturated carbocycles. The van der Waals surface area contributed by atoms with Crippen molar-refractivity contribution in [3.63, 3.8) is 0 Å². The third-order valence-corrected chi connectivity index (χ3v) is 8.15. The average Bonchev–Trinajstić information content (AvgIpc) is 3.02. The fourth-order valence-electron chi connectivity index (χ4n) is 5.42. The zero-order valence-corrected chi connectivity index (χ0v) is 23.7. The zero-order valence-electron chi connectivity index (χ0n) is 23.7. The Morgan fingerprint density at radius 3 is 1.65 bits per heavy atom. The van der Waals surface area contributed by atoms with E-state index in [0.717, 1.165) is 0 Å². The van der Waals surface area contributed by atoms with Crippen LogP contribution in [0.5, 0.6) is 0 Å². The van der Waals surface area contributed by atoms with Crippen LogP contribution in [0, 0.1) is 0 Å². The molecule has 20 atom stereocenters. The lowest BCUT2D eigenvalue weighted by atomic mass is 9.96. The van der Waals surface area contributed by atoms with Crippen molar-refractivity contribution < 1.29 is 109 Å². The Morgan fingerprint density at radius 1 is 0.500 bits per heavy atom. The number of hydrogen-bond donors (Lipinski definition) is 14. The largest absolute Gasteiger partial charge is 0.479 e. The highest BCUT2D eigenvalue weighted by atomic mass is 16.8. The average molecular weight is 681 g/mol. The van der Waals surface area contributed by atoms with E-state index >= 15 is 0 Å². The summed E-state index contributed by atoms with van der Waals surface area (Å²) in [4.78, 5) is 11.3. The van der Waals surface area contributed by atoms with Gasteiger partial charge in [-0.3, -0.25) is 0 Å². The Morgan fingerprint density at radius 2 is 1.04 bits per heavy atom. The van der Waals surface area contributed by atoms with Crippen LogP contribution in [-0.2, 0) is 38.0 Å². The minimum Gasteiger partial charge on any atom is -0.479 e. The van der Waals surface area contributed by atoms with Gasteiger partial charge in [0, 0.05) is 0 Å². The molecule has 0 aromatic carbocycles. The van der Waals surface area contributed by atoms with Gasteiger partial charge in [-0.2, -0.15) is 0 Å². The van der Waals surface area contributed by atoms with Gasteiger partial charge >= 0.3 is 5.97 Å². The number of aliphatic hydroxyl groups is 13. The molecule has 0 aromatic heterocycles. The van der Waals surface area contributed by atoms with E-state index in [1.807, 2.05) is 0 Å². The third-order valence-electron chi connectivity index (χ3n) is 8.15. The lowest BCUT2D eigenvalue weighted by molar-refractivity contribution is -0.381. The SMILES string of the molecule is O=C(O)[C@H]1O[C@@H](OC[C@H]2O[C@@H](O[C@@H]3[C@@H](O)[C@H](O[C@H]4[C@H](O)[C@@H](O)[C@@H](O)O[C@@H]4CO)O[C@H](CO)[C@H]3O)[C@@H](O)[C@@H](O)[C@@H]2O)[C@H](O)[C@@H](O)[C@@H]1O. The molecular weight excluding hydrogens is 640 g/mol. The van der Waals surface area contributed by atoms with Crippen LogP contribution >= 0.6 is 0 Å². The molecule has 4 aliphatic rings. The maximum Gasteiger partial charge on any atom is 0.335 e. The van der Waals surface area contributed by atoms with Gasteiger partial charge in [0.2, 0.25) is 0 Å². The van der Waals surface area contributed by atoms with Gasteiger partial charge in [-0.15, -0.1) is 0 Å². The molecule has 22 heteroatoms. The summed E-state index contributed by atoms with van der Waals surface area (Å²) in [5.41, 5.74) is 0. The fourth-order valence-corrected chi connectivity index (χ4v) is 5.42. The van der Waals surface area contributed by atoms with Gasteiger partial charge < -0.3 is 105 Å². The molecule has 4 aliphatic heterocycles. The van der Waals surface area contributed by atoms with Gasteiger partial charge in [-0.25, -0.2) is 4.79 Å². The molecule has 4 heterocycles. The zero-order chi connectivity index (χ0) is 34.2. The Labute approximate surface area is 258 Å². The molecule has 14 N–H and O–H groups in total. The van der Waals surface area contributed by atoms with E-state index in [9.17, 15) is 76.3 Å². The Bertz CT molecular complexity index is 990. The second kappa shape index (κ2) is 15.5. The molecule has 0 aromatic rings. The molecular formula is C24H40O22. The van der Waals surface area contributed by atoms with Crippen LogP contribution < -0.4 is 0 Å². The number of carboxylic acid groups (broad SMARTS) is 1. The summed E-state index contributed by atoms with van der Waals surface area (Å²) in [6.45, 7) is -2.57. The highest BCUT2D eigenvalue weighted by Crippen LogP contribution is 2.33. The van der Waals surface area contributed by atoms with Gasteiger partial charge in [0.05, 0.1) is 19.8 Å². The van der Waals surface area contributed by atoms with Crippen molar-refractivity contribution in [1.29, 1.82) is 0 Å². The molecule has 46 heavy (non-hydrogen) atoms. The molecule has 0 unspecified atom stereocenters. The first kappa shape index (κ1) is 37.5. The summed E-state index contributed by atoms with van der Waals surface area (Å²) in [7, 11) is 0. The second-order valence-electron chi connectivity index (χ2n) is 11.2. The normalized spacial score (nSPS) is 51.9. The van der Waals surface area contributed by atoms with Crippen LogP contribution in [0.15, 0.2) is 0 Å². The minimum atomic E-state index is -2.06. The monoisotopic (exact) mass is 680 g/mol. The number of rotatable bonds is 10. The first-order chi connectivity index (χ1) is 21.6. The van der Waals surface area contributed by atoms with E-state index in [4.69, 9.17) is 33.2 Å². The van der Waals surface area contributed by atoms with Crippen LogP contribution in [-0.4, -0.2) is 220 Å². The van der Waals surface area contributed by atoms with Crippen LogP contribution in [0.2, 0.25) is 0 Å². The Hall–Kier alpha value is -1.33. The van der Waals surface area contributed by atoms with Crippen LogP contribution in [0.4, 0.5) is 0 Å². The number of hydrogen-bond acceptors (Lipinski definition) is 21. The lowest BCUT2D eigenvalue weighted by Crippen LogP contribution is -2.67. The van der Waals surface area contributed by atoms with Gasteiger partial charge in [0.1, 0.15) is 91.6 Å². The molecule has 4 saturated heterocycles. The molecule has 268 valence electrons. The summed E-state index contributed by atoms with van der Waals surface area (Å²) in [5, 5.41) is 142. The van der Waals surface area contributed by atoms with Gasteiger partial charge in [0.25, 0.3) is 0 Å². The highest BCUT2D eigenvalue weighted by Gasteiger charge is 2.54. The maximum absolute atomic E-state index is 11.3. The first-order valence-corrected chi connectivity index (χ1v) is 14.1. The van der Waals surface area contributed by atoms with E-state index in [1.54, 1.807) is 0 Å². The topological polar surface area (TPSA) is 365 Å². The summed E-state index contributed by atoms with van der Waals surface area (Å²) in [6.07, 6.45) is -37.6. The smallest absolute Gasteiger partial charge is 0.335 e.